The number of hydrogen-bond acceptors (Lipinski definition) is 6. The van der Waals surface area contributed by atoms with E-state index in [-0.39, 0.29) is 19.0 Å². The molecule has 1 fully saturated rings. The number of anilines is 2. The van der Waals surface area contributed by atoms with Gasteiger partial charge in [-0.05, 0) is 19.1 Å². The Bertz CT molecular complexity index is 1010. The fraction of sp³-hybridized carbons (Fsp3) is 0.389. The van der Waals surface area contributed by atoms with Crippen LogP contribution in [0.15, 0.2) is 18.2 Å². The average molecular weight is 426 g/mol. The smallest absolute Gasteiger partial charge is 0.416 e. The zero-order chi connectivity index (χ0) is 21.6. The number of fused-ring (bicyclic) bond motifs is 3. The molecule has 2 atom stereocenters. The number of halogens is 3. The maximum absolute atomic E-state index is 15.1. The largest absolute Gasteiger partial charge is 0.491 e. The highest BCUT2D eigenvalue weighted by atomic mass is 19.3. The number of nitrogens with one attached hydrogen (secondary N) is 1. The molecule has 4 rings (SSSR count). The van der Waals surface area contributed by atoms with Crippen LogP contribution < -0.4 is 15.0 Å². The molecule has 0 radical (unpaired) electrons. The predicted octanol–water partition coefficient (Wildman–Crippen LogP) is 2.56. The van der Waals surface area contributed by atoms with E-state index in [1.54, 1.807) is 18.2 Å². The normalized spacial score (nSPS) is 18.9. The molecule has 0 spiro atoms. The Hall–Kier alpha value is -3.44. The van der Waals surface area contributed by atoms with Gasteiger partial charge in [0.25, 0.3) is 6.43 Å². The van der Waals surface area contributed by atoms with E-state index in [0.717, 1.165) is 4.57 Å². The molecule has 9 nitrogen and oxygen atoms in total. The van der Waals surface area contributed by atoms with Crippen molar-refractivity contribution < 1.29 is 37.3 Å². The van der Waals surface area contributed by atoms with Crippen molar-refractivity contribution in [3.8, 4) is 17.1 Å². The summed E-state index contributed by atoms with van der Waals surface area (Å²) in [6, 6.07) is 2.17. The molecular weight excluding hydrogens is 409 g/mol. The number of alkyl halides is 2. The minimum Gasteiger partial charge on any atom is -0.491 e. The fourth-order valence-corrected chi connectivity index (χ4v) is 3.32. The van der Waals surface area contributed by atoms with Crippen molar-refractivity contribution in [3.63, 3.8) is 0 Å². The van der Waals surface area contributed by atoms with Gasteiger partial charge in [0, 0.05) is 11.8 Å². The molecule has 30 heavy (non-hydrogen) atoms. The van der Waals surface area contributed by atoms with Crippen LogP contribution in [0.1, 0.15) is 6.92 Å². The first kappa shape index (κ1) is 19.9. The van der Waals surface area contributed by atoms with Gasteiger partial charge < -0.3 is 19.9 Å². The summed E-state index contributed by atoms with van der Waals surface area (Å²) >= 11 is 0. The molecule has 1 saturated heterocycles. The first-order valence-electron chi connectivity index (χ1n) is 9.04. The molecule has 0 unspecified atom stereocenters. The number of ether oxygens (including phenoxy) is 2. The monoisotopic (exact) mass is 426 g/mol. The van der Waals surface area contributed by atoms with Gasteiger partial charge in [-0.1, -0.05) is 0 Å². The van der Waals surface area contributed by atoms with Crippen molar-refractivity contribution in [1.82, 2.24) is 9.55 Å². The Balaban J connectivity index is 1.74. The van der Waals surface area contributed by atoms with Crippen LogP contribution in [-0.4, -0.2) is 58.4 Å². The maximum atomic E-state index is 15.1. The summed E-state index contributed by atoms with van der Waals surface area (Å²) in [7, 11) is 0. The summed E-state index contributed by atoms with van der Waals surface area (Å²) in [5, 5.41) is 11.8. The molecule has 160 valence electrons. The molecule has 0 aliphatic carbocycles. The number of nitrogens with zero attached hydrogens (tertiary/aromatic N) is 3. The summed E-state index contributed by atoms with van der Waals surface area (Å²) in [5.41, 5.74) is 0.831. The second-order valence-corrected chi connectivity index (χ2v) is 6.81. The van der Waals surface area contributed by atoms with Gasteiger partial charge >= 0.3 is 12.1 Å². The molecule has 0 bridgehead atoms. The fourth-order valence-electron chi connectivity index (χ4n) is 3.32. The first-order chi connectivity index (χ1) is 14.3. The van der Waals surface area contributed by atoms with Gasteiger partial charge in [0.05, 0.1) is 12.1 Å². The van der Waals surface area contributed by atoms with Crippen molar-refractivity contribution in [2.45, 2.75) is 32.0 Å². The number of carboxylic acids is 1. The van der Waals surface area contributed by atoms with Crippen molar-refractivity contribution in [1.29, 1.82) is 0 Å². The predicted molar refractivity (Wildman–Crippen MR) is 97.5 cm³/mol. The molecule has 2 aliphatic rings. The van der Waals surface area contributed by atoms with Crippen LogP contribution in [0.25, 0.3) is 11.4 Å². The summed E-state index contributed by atoms with van der Waals surface area (Å²) in [4.78, 5) is 27.6. The molecule has 2 aromatic rings. The number of cyclic esters (lactones) is 1. The molecule has 2 aliphatic heterocycles. The van der Waals surface area contributed by atoms with Crippen LogP contribution in [0.3, 0.4) is 0 Å². The summed E-state index contributed by atoms with van der Waals surface area (Å²) < 4.78 is 53.0. The van der Waals surface area contributed by atoms with E-state index in [4.69, 9.17) is 9.84 Å². The van der Waals surface area contributed by atoms with E-state index in [1.165, 1.54) is 6.92 Å². The number of aliphatic carboxylic acids is 1. The standard InChI is InChI=1S/C18H17F3N4O5/c1-8(17(26)27)22-9-2-3-10-12(6-9)29-5-4-24-14(21)16(23-15(10)24)25-11(13(19)20)7-30-18(25)28/h2-3,6,8,11,13,22H,4-5,7H2,1H3,(H,26,27)/t8-,11-/m0/s1. The lowest BCUT2D eigenvalue weighted by Gasteiger charge is -2.18. The Kier molecular flexibility index (Phi) is 4.92. The third-order valence-corrected chi connectivity index (χ3v) is 4.86. The van der Waals surface area contributed by atoms with Gasteiger partial charge in [-0.15, -0.1) is 0 Å². The lowest BCUT2D eigenvalue weighted by molar-refractivity contribution is -0.137. The minimum atomic E-state index is -2.93. The number of rotatable bonds is 5. The molecule has 1 aromatic carbocycles. The molecule has 1 amide bonds. The zero-order valence-electron chi connectivity index (χ0n) is 15.6. The highest BCUT2D eigenvalue weighted by molar-refractivity contribution is 5.90. The molecule has 2 N–H and O–H groups in total. The summed E-state index contributed by atoms with van der Waals surface area (Å²) in [6.07, 6.45) is -4.02. The molecule has 3 heterocycles. The molecule has 0 saturated carbocycles. The van der Waals surface area contributed by atoms with Crippen molar-refractivity contribution in [3.05, 3.63) is 24.1 Å². The second kappa shape index (κ2) is 7.43. The van der Waals surface area contributed by atoms with Crippen LogP contribution in [0.5, 0.6) is 5.75 Å². The van der Waals surface area contributed by atoms with Crippen LogP contribution in [-0.2, 0) is 16.1 Å². The number of benzene rings is 1. The van der Waals surface area contributed by atoms with Crippen molar-refractivity contribution in [2.75, 3.05) is 23.4 Å². The van der Waals surface area contributed by atoms with Crippen LogP contribution in [0.2, 0.25) is 0 Å². The van der Waals surface area contributed by atoms with Gasteiger partial charge in [0.1, 0.15) is 36.9 Å². The van der Waals surface area contributed by atoms with E-state index in [9.17, 15) is 18.4 Å². The number of aromatic nitrogens is 2. The second-order valence-electron chi connectivity index (χ2n) is 6.81. The van der Waals surface area contributed by atoms with Gasteiger partial charge in [0.15, 0.2) is 5.82 Å². The number of carbonyl (C=O) groups excluding carboxylic acids is 1. The Labute approximate surface area is 168 Å². The van der Waals surface area contributed by atoms with Crippen LogP contribution in [0, 0.1) is 5.95 Å². The number of carboxylic acid groups (broad SMARTS) is 1. The van der Waals surface area contributed by atoms with E-state index in [2.05, 4.69) is 15.0 Å². The van der Waals surface area contributed by atoms with Crippen molar-refractivity contribution >= 4 is 23.6 Å². The van der Waals surface area contributed by atoms with Crippen molar-refractivity contribution in [2.24, 2.45) is 0 Å². The van der Waals surface area contributed by atoms with Crippen LogP contribution in [0.4, 0.5) is 29.5 Å². The molecule has 12 heteroatoms. The van der Waals surface area contributed by atoms with Gasteiger partial charge in [-0.25, -0.2) is 23.5 Å². The van der Waals surface area contributed by atoms with E-state index in [0.29, 0.717) is 21.9 Å². The maximum Gasteiger partial charge on any atom is 0.416 e. The highest BCUT2D eigenvalue weighted by Crippen LogP contribution is 2.38. The number of amides is 1. The third kappa shape index (κ3) is 3.27. The van der Waals surface area contributed by atoms with Gasteiger partial charge in [-0.2, -0.15) is 4.39 Å². The van der Waals surface area contributed by atoms with Gasteiger partial charge in [-0.3, -0.25) is 9.36 Å². The average Bonchev–Trinajstić information content (AvgIpc) is 3.16. The molecule has 1 aromatic heterocycles. The third-order valence-electron chi connectivity index (χ3n) is 4.86. The lowest BCUT2D eigenvalue weighted by atomic mass is 10.1. The van der Waals surface area contributed by atoms with E-state index < -0.39 is 48.9 Å². The quantitative estimate of drug-likeness (QED) is 0.757. The highest BCUT2D eigenvalue weighted by Gasteiger charge is 2.44. The van der Waals surface area contributed by atoms with E-state index >= 15 is 4.39 Å². The Morgan fingerprint density at radius 3 is 2.83 bits per heavy atom. The summed E-state index contributed by atoms with van der Waals surface area (Å²) in [5.74, 6) is -2.12. The first-order valence-corrected chi connectivity index (χ1v) is 9.04. The minimum absolute atomic E-state index is 0.0272. The summed E-state index contributed by atoms with van der Waals surface area (Å²) in [6.45, 7) is 0.985. The SMILES string of the molecule is C[C@H](Nc1ccc2c(c1)OCCn1c-2nc(N2C(=O)OC[C@H]2C(F)F)c1F)C(=O)O. The number of hydrogen-bond donors (Lipinski definition) is 2. The number of carbonyl (C=O) groups is 2. The topological polar surface area (TPSA) is 106 Å². The Morgan fingerprint density at radius 1 is 1.37 bits per heavy atom. The van der Waals surface area contributed by atoms with E-state index in [1.807, 2.05) is 0 Å². The van der Waals surface area contributed by atoms with Crippen LogP contribution >= 0.6 is 0 Å². The molecular formula is C18H17F3N4O5. The lowest BCUT2D eigenvalue weighted by Crippen LogP contribution is -2.39. The van der Waals surface area contributed by atoms with Gasteiger partial charge in [0.2, 0.25) is 5.95 Å². The number of imidazole rings is 1. The Morgan fingerprint density at radius 2 is 2.13 bits per heavy atom. The zero-order valence-corrected chi connectivity index (χ0v) is 15.6.